The van der Waals surface area contributed by atoms with Crippen molar-refractivity contribution in [3.05, 3.63) is 63.0 Å². The fraction of sp³-hybridized carbons (Fsp3) is 0.208. The molecular formula is C24H22ClN3O5S. The van der Waals surface area contributed by atoms with Gasteiger partial charge in [-0.3, -0.25) is 14.2 Å². The first-order valence-electron chi connectivity index (χ1n) is 10.2. The Labute approximate surface area is 204 Å². The highest BCUT2D eigenvalue weighted by atomic mass is 35.5. The number of rotatable bonds is 7. The predicted octanol–water partition coefficient (Wildman–Crippen LogP) is 4.75. The summed E-state index contributed by atoms with van der Waals surface area (Å²) in [6.45, 7) is 1.61. The highest BCUT2D eigenvalue weighted by molar-refractivity contribution is 7.17. The Morgan fingerprint density at radius 2 is 1.82 bits per heavy atom. The molecule has 2 aromatic heterocycles. The number of anilines is 1. The molecule has 0 bridgehead atoms. The molecule has 2 aromatic carbocycles. The molecule has 0 saturated heterocycles. The summed E-state index contributed by atoms with van der Waals surface area (Å²) in [5.41, 5.74) is 2.44. The molecule has 0 spiro atoms. The molecule has 4 rings (SSSR count). The largest absolute Gasteiger partial charge is 0.495 e. The van der Waals surface area contributed by atoms with Crippen LogP contribution in [0.25, 0.3) is 21.3 Å². The number of carbonyl (C=O) groups is 1. The molecule has 0 unspecified atom stereocenters. The summed E-state index contributed by atoms with van der Waals surface area (Å²) >= 11 is 7.50. The van der Waals surface area contributed by atoms with Crippen LogP contribution in [-0.2, 0) is 11.3 Å². The molecular weight excluding hydrogens is 478 g/mol. The number of aryl methyl sites for hydroxylation is 1. The van der Waals surface area contributed by atoms with Gasteiger partial charge < -0.3 is 19.5 Å². The van der Waals surface area contributed by atoms with E-state index in [1.54, 1.807) is 38.5 Å². The molecule has 0 fully saturated rings. The number of thiophene rings is 1. The van der Waals surface area contributed by atoms with E-state index in [1.807, 2.05) is 18.4 Å². The molecule has 0 atom stereocenters. The lowest BCUT2D eigenvalue weighted by Gasteiger charge is -2.13. The second kappa shape index (κ2) is 9.74. The second-order valence-electron chi connectivity index (χ2n) is 7.43. The molecule has 1 amide bonds. The quantitative estimate of drug-likeness (QED) is 0.394. The fourth-order valence-corrected chi connectivity index (χ4v) is 4.63. The molecule has 0 aliphatic carbocycles. The van der Waals surface area contributed by atoms with Gasteiger partial charge in [-0.25, -0.2) is 4.98 Å². The van der Waals surface area contributed by atoms with Crippen LogP contribution < -0.4 is 25.1 Å². The average molecular weight is 500 g/mol. The van der Waals surface area contributed by atoms with Crippen molar-refractivity contribution in [1.29, 1.82) is 0 Å². The highest BCUT2D eigenvalue weighted by Crippen LogP contribution is 2.36. The first-order chi connectivity index (χ1) is 16.4. The van der Waals surface area contributed by atoms with Gasteiger partial charge in [0.05, 0.1) is 38.7 Å². The van der Waals surface area contributed by atoms with Gasteiger partial charge in [-0.05, 0) is 36.2 Å². The number of ether oxygens (including phenoxy) is 3. The second-order valence-corrected chi connectivity index (χ2v) is 8.69. The van der Waals surface area contributed by atoms with Crippen molar-refractivity contribution < 1.29 is 19.0 Å². The molecule has 8 nitrogen and oxygen atoms in total. The van der Waals surface area contributed by atoms with Crippen LogP contribution in [0.2, 0.25) is 5.02 Å². The molecule has 10 heteroatoms. The summed E-state index contributed by atoms with van der Waals surface area (Å²) in [5, 5.41) is 5.62. The van der Waals surface area contributed by atoms with Crippen LogP contribution in [0.15, 0.2) is 46.8 Å². The number of hydrogen-bond acceptors (Lipinski definition) is 7. The summed E-state index contributed by atoms with van der Waals surface area (Å²) in [5.74, 6) is 1.17. The lowest BCUT2D eigenvalue weighted by atomic mass is 10.1. The van der Waals surface area contributed by atoms with Crippen molar-refractivity contribution in [3.63, 3.8) is 0 Å². The first-order valence-corrected chi connectivity index (χ1v) is 11.4. The summed E-state index contributed by atoms with van der Waals surface area (Å²) < 4.78 is 17.3. The van der Waals surface area contributed by atoms with E-state index in [0.717, 1.165) is 11.1 Å². The number of halogens is 1. The molecule has 0 saturated carbocycles. The number of fused-ring (bicyclic) bond motifs is 1. The standard InChI is InChI=1S/C24H22ClN3O5S/c1-13-7-17(19(32-3)9-16(13)25)27-21(29)10-28-12-26-23-22(24(28)30)15(11-34-23)14-5-6-18(31-2)20(8-14)33-4/h5-9,11-12H,10H2,1-4H3,(H,27,29). The average Bonchev–Trinajstić information content (AvgIpc) is 3.27. The maximum atomic E-state index is 13.3. The lowest BCUT2D eigenvalue weighted by Crippen LogP contribution is -2.28. The van der Waals surface area contributed by atoms with Crippen molar-refractivity contribution in [2.75, 3.05) is 26.6 Å². The van der Waals surface area contributed by atoms with Crippen LogP contribution in [0.4, 0.5) is 5.69 Å². The van der Waals surface area contributed by atoms with Crippen LogP contribution in [-0.4, -0.2) is 36.8 Å². The molecule has 1 N–H and O–H groups in total. The molecule has 34 heavy (non-hydrogen) atoms. The van der Waals surface area contributed by atoms with Crippen LogP contribution in [0.5, 0.6) is 17.2 Å². The van der Waals surface area contributed by atoms with Gasteiger partial charge in [0, 0.05) is 22.0 Å². The smallest absolute Gasteiger partial charge is 0.263 e. The molecule has 176 valence electrons. The van der Waals surface area contributed by atoms with Gasteiger partial charge in [-0.15, -0.1) is 11.3 Å². The van der Waals surface area contributed by atoms with Crippen LogP contribution >= 0.6 is 22.9 Å². The zero-order valence-electron chi connectivity index (χ0n) is 19.0. The third-order valence-electron chi connectivity index (χ3n) is 5.32. The van der Waals surface area contributed by atoms with Crippen LogP contribution in [0, 0.1) is 6.92 Å². The number of benzene rings is 2. The molecule has 4 aromatic rings. The van der Waals surface area contributed by atoms with E-state index in [4.69, 9.17) is 25.8 Å². The van der Waals surface area contributed by atoms with Crippen molar-refractivity contribution >= 4 is 44.7 Å². The van der Waals surface area contributed by atoms with E-state index in [9.17, 15) is 9.59 Å². The summed E-state index contributed by atoms with van der Waals surface area (Å²) in [6, 6.07) is 8.78. The van der Waals surface area contributed by atoms with Gasteiger partial charge in [-0.2, -0.15) is 0 Å². The number of nitrogens with one attached hydrogen (secondary N) is 1. The monoisotopic (exact) mass is 499 g/mol. The van der Waals surface area contributed by atoms with E-state index < -0.39 is 5.91 Å². The molecule has 0 aliphatic rings. The van der Waals surface area contributed by atoms with Gasteiger partial charge in [-0.1, -0.05) is 17.7 Å². The number of amides is 1. The minimum absolute atomic E-state index is 0.214. The normalized spacial score (nSPS) is 10.9. The number of nitrogens with zero attached hydrogens (tertiary/aromatic N) is 2. The molecule has 0 aliphatic heterocycles. The summed E-state index contributed by atoms with van der Waals surface area (Å²) in [6.07, 6.45) is 1.38. The van der Waals surface area contributed by atoms with E-state index in [0.29, 0.717) is 43.7 Å². The summed E-state index contributed by atoms with van der Waals surface area (Å²) in [4.78, 5) is 31.1. The third kappa shape index (κ3) is 4.44. The van der Waals surface area contributed by atoms with E-state index in [1.165, 1.54) is 29.3 Å². The minimum Gasteiger partial charge on any atom is -0.495 e. The van der Waals surface area contributed by atoms with Gasteiger partial charge in [0.15, 0.2) is 11.5 Å². The number of methoxy groups -OCH3 is 3. The summed E-state index contributed by atoms with van der Waals surface area (Å²) in [7, 11) is 4.61. The Morgan fingerprint density at radius 1 is 1.09 bits per heavy atom. The van der Waals surface area contributed by atoms with E-state index in [-0.39, 0.29) is 12.1 Å². The van der Waals surface area contributed by atoms with Gasteiger partial charge in [0.2, 0.25) is 5.91 Å². The topological polar surface area (TPSA) is 91.7 Å². The zero-order chi connectivity index (χ0) is 24.4. The number of carbonyl (C=O) groups excluding carboxylic acids is 1. The van der Waals surface area contributed by atoms with Crippen molar-refractivity contribution in [2.24, 2.45) is 0 Å². The zero-order valence-corrected chi connectivity index (χ0v) is 20.5. The minimum atomic E-state index is -0.397. The van der Waals surface area contributed by atoms with Gasteiger partial charge in [0.25, 0.3) is 5.56 Å². The highest BCUT2D eigenvalue weighted by Gasteiger charge is 2.17. The Kier molecular flexibility index (Phi) is 6.76. The van der Waals surface area contributed by atoms with E-state index in [2.05, 4.69) is 10.3 Å². The van der Waals surface area contributed by atoms with Gasteiger partial charge in [0.1, 0.15) is 17.1 Å². The maximum Gasteiger partial charge on any atom is 0.263 e. The SMILES string of the molecule is COc1cc(Cl)c(C)cc1NC(=O)Cn1cnc2scc(-c3ccc(OC)c(OC)c3)c2c1=O. The van der Waals surface area contributed by atoms with E-state index >= 15 is 0 Å². The Bertz CT molecular complexity index is 1450. The Morgan fingerprint density at radius 3 is 2.53 bits per heavy atom. The van der Waals surface area contributed by atoms with Crippen molar-refractivity contribution in [3.8, 4) is 28.4 Å². The number of aromatic nitrogens is 2. The molecule has 2 heterocycles. The Balaban J connectivity index is 1.67. The van der Waals surface area contributed by atoms with Crippen LogP contribution in [0.1, 0.15) is 5.56 Å². The van der Waals surface area contributed by atoms with Crippen molar-refractivity contribution in [1.82, 2.24) is 9.55 Å². The predicted molar refractivity (Wildman–Crippen MR) is 134 cm³/mol. The van der Waals surface area contributed by atoms with Crippen molar-refractivity contribution in [2.45, 2.75) is 13.5 Å². The maximum absolute atomic E-state index is 13.3. The first kappa shape index (κ1) is 23.6. The van der Waals surface area contributed by atoms with Gasteiger partial charge >= 0.3 is 0 Å². The van der Waals surface area contributed by atoms with Crippen LogP contribution in [0.3, 0.4) is 0 Å². The third-order valence-corrected chi connectivity index (χ3v) is 6.62. The molecule has 0 radical (unpaired) electrons. The fourth-order valence-electron chi connectivity index (χ4n) is 3.57. The lowest BCUT2D eigenvalue weighted by molar-refractivity contribution is -0.116. The Hall–Kier alpha value is -3.56. The number of hydrogen-bond donors (Lipinski definition) is 1.